The van der Waals surface area contributed by atoms with E-state index >= 15 is 0 Å². The lowest BCUT2D eigenvalue weighted by Gasteiger charge is -2.32. The molecule has 1 aromatic carbocycles. The van der Waals surface area contributed by atoms with E-state index in [0.717, 1.165) is 11.0 Å². The van der Waals surface area contributed by atoms with Crippen molar-refractivity contribution in [3.63, 3.8) is 0 Å². The average molecular weight is 461 g/mol. The van der Waals surface area contributed by atoms with Gasteiger partial charge in [-0.1, -0.05) is 28.9 Å². The molecule has 4 heterocycles. The number of benzene rings is 1. The lowest BCUT2D eigenvalue weighted by molar-refractivity contribution is -0.223. The maximum Gasteiger partial charge on any atom is 0.203 e. The molecule has 9 nitrogen and oxygen atoms in total. The summed E-state index contributed by atoms with van der Waals surface area (Å²) in [5.74, 6) is -0.843. The minimum absolute atomic E-state index is 0.447. The number of hydrogen-bond acceptors (Lipinski definition) is 7. The summed E-state index contributed by atoms with van der Waals surface area (Å²) in [5, 5.41) is 16.6. The quantitative estimate of drug-likeness (QED) is 0.580. The van der Waals surface area contributed by atoms with Crippen molar-refractivity contribution in [2.24, 2.45) is 5.16 Å². The van der Waals surface area contributed by atoms with Gasteiger partial charge in [0, 0.05) is 11.2 Å². The van der Waals surface area contributed by atoms with Gasteiger partial charge in [-0.05, 0) is 44.5 Å². The molecule has 2 fully saturated rings. The second kappa shape index (κ2) is 7.57. The van der Waals surface area contributed by atoms with E-state index in [9.17, 15) is 5.11 Å². The number of hydrogen-bond donors (Lipinski definition) is 2. The molecule has 2 N–H and O–H groups in total. The Hall–Kier alpha value is -2.43. The Kier molecular flexibility index (Phi) is 5.06. The second-order valence-corrected chi connectivity index (χ2v) is 9.09. The van der Waals surface area contributed by atoms with E-state index < -0.39 is 35.9 Å². The molecule has 2 aromatic heterocycles. The van der Waals surface area contributed by atoms with Crippen molar-refractivity contribution in [3.8, 4) is 0 Å². The van der Waals surface area contributed by atoms with E-state index in [0.29, 0.717) is 16.1 Å². The monoisotopic (exact) mass is 460 g/mol. The molecule has 5 atom stereocenters. The van der Waals surface area contributed by atoms with Gasteiger partial charge in [-0.3, -0.25) is 0 Å². The number of H-pyrrole nitrogens is 1. The van der Waals surface area contributed by atoms with Crippen LogP contribution in [0, 0.1) is 0 Å². The van der Waals surface area contributed by atoms with Crippen LogP contribution in [-0.4, -0.2) is 50.3 Å². The number of aliphatic hydroxyl groups is 1. The number of halogens is 1. The Balaban J connectivity index is 1.59. The molecule has 0 aliphatic carbocycles. The molecular weight excluding hydrogens is 436 g/mol. The third kappa shape index (κ3) is 3.32. The molecule has 10 heteroatoms. The van der Waals surface area contributed by atoms with Crippen LogP contribution in [0.4, 0.5) is 0 Å². The molecule has 0 spiro atoms. The van der Waals surface area contributed by atoms with Crippen molar-refractivity contribution in [1.29, 1.82) is 0 Å². The van der Waals surface area contributed by atoms with E-state index in [2.05, 4.69) is 15.1 Å². The molecule has 170 valence electrons. The first-order chi connectivity index (χ1) is 15.2. The highest BCUT2D eigenvalue weighted by Crippen LogP contribution is 2.53. The van der Waals surface area contributed by atoms with E-state index in [1.54, 1.807) is 30.6 Å². The van der Waals surface area contributed by atoms with Gasteiger partial charge in [-0.25, -0.2) is 4.98 Å². The van der Waals surface area contributed by atoms with Crippen LogP contribution in [0.15, 0.2) is 48.0 Å². The number of aromatic nitrogens is 3. The van der Waals surface area contributed by atoms with Gasteiger partial charge in [0.25, 0.3) is 0 Å². The summed E-state index contributed by atoms with van der Waals surface area (Å²) in [6.07, 6.45) is 0.719. The highest BCUT2D eigenvalue weighted by molar-refractivity contribution is 6.30. The minimum Gasteiger partial charge on any atom is -0.397 e. The van der Waals surface area contributed by atoms with Gasteiger partial charge in [0.05, 0.1) is 11.7 Å². The van der Waals surface area contributed by atoms with Crippen LogP contribution in [-0.2, 0) is 19.0 Å². The third-order valence-corrected chi connectivity index (χ3v) is 6.30. The largest absolute Gasteiger partial charge is 0.397 e. The predicted molar refractivity (Wildman–Crippen MR) is 115 cm³/mol. The second-order valence-electron chi connectivity index (χ2n) is 8.65. The maximum atomic E-state index is 11.3. The van der Waals surface area contributed by atoms with E-state index in [1.165, 1.54) is 7.11 Å². The zero-order valence-corrected chi connectivity index (χ0v) is 18.9. The van der Waals surface area contributed by atoms with Crippen LogP contribution in [0.1, 0.15) is 38.7 Å². The topological polar surface area (TPSA) is 103 Å². The zero-order valence-electron chi connectivity index (χ0n) is 18.2. The molecule has 0 bridgehead atoms. The molecule has 1 unspecified atom stereocenters. The minimum atomic E-state index is -0.950. The van der Waals surface area contributed by atoms with Crippen LogP contribution >= 0.6 is 11.6 Å². The highest BCUT2D eigenvalue weighted by Gasteiger charge is 2.65. The number of nitrogens with one attached hydrogen (secondary N) is 1. The zero-order chi connectivity index (χ0) is 22.7. The molecular formula is C22H25ClN4O5. The van der Waals surface area contributed by atoms with Crippen molar-refractivity contribution >= 4 is 22.6 Å². The number of ether oxygens (including phenoxy) is 3. The first-order valence-corrected chi connectivity index (χ1v) is 10.7. The van der Waals surface area contributed by atoms with E-state index in [-0.39, 0.29) is 0 Å². The van der Waals surface area contributed by atoms with Gasteiger partial charge >= 0.3 is 0 Å². The molecule has 2 aliphatic rings. The van der Waals surface area contributed by atoms with Crippen molar-refractivity contribution in [2.45, 2.75) is 56.7 Å². The molecule has 32 heavy (non-hydrogen) atoms. The van der Waals surface area contributed by atoms with E-state index in [4.69, 9.17) is 30.6 Å². The first-order valence-electron chi connectivity index (χ1n) is 10.3. The Morgan fingerprint density at radius 3 is 2.72 bits per heavy atom. The standard InChI is InChI=1S/C22H25ClN4O5/c1-21(2)31-17-20(27-10-9-14-18(26-29-4)24-11-25-19(14)27)30-16(22(17,3)32-21)15(28)12-5-7-13(23)8-6-12/h5-11,15-17,20,28H,1-4H3,(H,24,25,26)/t15?,16-,17+,20-,22-/m1/s1. The molecule has 2 saturated heterocycles. The fraction of sp³-hybridized carbons (Fsp3) is 0.455. The fourth-order valence-corrected chi connectivity index (χ4v) is 4.89. The average Bonchev–Trinajstić information content (AvgIpc) is 3.35. The maximum absolute atomic E-state index is 11.3. The number of aliphatic hydroxyl groups excluding tert-OH is 1. The number of nitrogens with zero attached hydrogens (tertiary/aromatic N) is 3. The lowest BCUT2D eigenvalue weighted by Crippen LogP contribution is -2.46. The lowest BCUT2D eigenvalue weighted by atomic mass is 9.88. The van der Waals surface area contributed by atoms with Gasteiger partial charge in [0.1, 0.15) is 36.7 Å². The smallest absolute Gasteiger partial charge is 0.203 e. The van der Waals surface area contributed by atoms with Crippen LogP contribution in [0.3, 0.4) is 0 Å². The van der Waals surface area contributed by atoms with Crippen LogP contribution in [0.5, 0.6) is 0 Å². The van der Waals surface area contributed by atoms with Crippen molar-refractivity contribution in [3.05, 3.63) is 58.9 Å². The van der Waals surface area contributed by atoms with Gasteiger partial charge in [-0.15, -0.1) is 0 Å². The first kappa shape index (κ1) is 21.4. The normalized spacial score (nSPS) is 30.6. The summed E-state index contributed by atoms with van der Waals surface area (Å²) < 4.78 is 21.0. The Morgan fingerprint density at radius 2 is 2.00 bits per heavy atom. The van der Waals surface area contributed by atoms with Crippen molar-refractivity contribution in [2.75, 3.05) is 7.11 Å². The number of rotatable bonds is 4. The molecule has 0 amide bonds. The summed E-state index contributed by atoms with van der Waals surface area (Å²) in [6, 6.07) is 8.93. The molecule has 3 aromatic rings. The third-order valence-electron chi connectivity index (χ3n) is 6.05. The molecule has 0 radical (unpaired) electrons. The van der Waals surface area contributed by atoms with Gasteiger partial charge < -0.3 is 33.7 Å². The Bertz CT molecular complexity index is 1210. The van der Waals surface area contributed by atoms with Gasteiger partial charge in [0.15, 0.2) is 12.0 Å². The summed E-state index contributed by atoms with van der Waals surface area (Å²) in [4.78, 5) is 12.3. The molecule has 5 rings (SSSR count). The highest BCUT2D eigenvalue weighted by atomic mass is 35.5. The van der Waals surface area contributed by atoms with Crippen LogP contribution in [0.25, 0.3) is 11.0 Å². The van der Waals surface area contributed by atoms with Gasteiger partial charge in [0.2, 0.25) is 5.49 Å². The SMILES string of the molecule is CON=c1nc[nH]c2c1ccn2[C@@H]1O[C@H](C(O)c2ccc(Cl)cc2)[C@@]2(C)OC(C)(C)O[C@@H]12. The van der Waals surface area contributed by atoms with Crippen molar-refractivity contribution in [1.82, 2.24) is 14.5 Å². The predicted octanol–water partition coefficient (Wildman–Crippen LogP) is 3.02. The molecule has 2 aliphatic heterocycles. The van der Waals surface area contributed by atoms with Gasteiger partial charge in [-0.2, -0.15) is 0 Å². The summed E-state index contributed by atoms with van der Waals surface area (Å²) in [7, 11) is 1.47. The number of aromatic amines is 1. The Morgan fingerprint density at radius 1 is 1.25 bits per heavy atom. The molecule has 0 saturated carbocycles. The summed E-state index contributed by atoms with van der Waals surface area (Å²) in [5.41, 5.74) is 0.958. The summed E-state index contributed by atoms with van der Waals surface area (Å²) >= 11 is 6.03. The van der Waals surface area contributed by atoms with Crippen LogP contribution in [0.2, 0.25) is 5.02 Å². The Labute approximate surface area is 189 Å². The summed E-state index contributed by atoms with van der Waals surface area (Å²) in [6.45, 7) is 5.64. The number of fused-ring (bicyclic) bond motifs is 2. The van der Waals surface area contributed by atoms with E-state index in [1.807, 2.05) is 37.6 Å². The van der Waals surface area contributed by atoms with Crippen LogP contribution < -0.4 is 5.49 Å². The fourth-order valence-electron chi connectivity index (χ4n) is 4.76. The van der Waals surface area contributed by atoms with Crippen molar-refractivity contribution < 1.29 is 24.2 Å².